The number of esters is 1. The fourth-order valence-electron chi connectivity index (χ4n) is 3.33. The van der Waals surface area contributed by atoms with Gasteiger partial charge < -0.3 is 14.8 Å². The van der Waals surface area contributed by atoms with Gasteiger partial charge in [-0.25, -0.2) is 4.79 Å². The van der Waals surface area contributed by atoms with Gasteiger partial charge in [0, 0.05) is 11.4 Å². The molecule has 186 valence electrons. The summed E-state index contributed by atoms with van der Waals surface area (Å²) in [5.41, 5.74) is 1.60. The molecule has 2 aromatic heterocycles. The molecule has 0 spiro atoms. The van der Waals surface area contributed by atoms with Gasteiger partial charge >= 0.3 is 5.97 Å². The Bertz CT molecular complexity index is 1170. The van der Waals surface area contributed by atoms with E-state index in [0.717, 1.165) is 17.0 Å². The van der Waals surface area contributed by atoms with Crippen LogP contribution in [0.25, 0.3) is 0 Å². The Morgan fingerprint density at radius 2 is 2.00 bits per heavy atom. The minimum absolute atomic E-state index is 0.0994. The molecule has 1 amide bonds. The van der Waals surface area contributed by atoms with E-state index in [4.69, 9.17) is 9.47 Å². The van der Waals surface area contributed by atoms with Crippen molar-refractivity contribution >= 4 is 40.0 Å². The van der Waals surface area contributed by atoms with Crippen molar-refractivity contribution in [2.75, 3.05) is 17.7 Å². The van der Waals surface area contributed by atoms with Gasteiger partial charge in [0.15, 0.2) is 17.1 Å². The number of benzene rings is 1. The lowest BCUT2D eigenvalue weighted by atomic mass is 10.2. The predicted molar refractivity (Wildman–Crippen MR) is 139 cm³/mol. The number of carbonyl (C=O) groups excluding carboxylic acids is 2. The molecule has 8 nitrogen and oxygen atoms in total. The number of thioether (sulfide) groups is 1. The first kappa shape index (κ1) is 26.5. The van der Waals surface area contributed by atoms with E-state index in [2.05, 4.69) is 29.0 Å². The second-order valence-corrected chi connectivity index (χ2v) is 9.85. The first-order chi connectivity index (χ1) is 16.9. The molecule has 1 unspecified atom stereocenters. The van der Waals surface area contributed by atoms with Crippen molar-refractivity contribution < 1.29 is 19.1 Å². The maximum Gasteiger partial charge on any atom is 0.341 e. The van der Waals surface area contributed by atoms with Gasteiger partial charge in [0.2, 0.25) is 5.91 Å². The number of rotatable bonds is 12. The lowest BCUT2D eigenvalue weighted by Gasteiger charge is -2.16. The zero-order valence-corrected chi connectivity index (χ0v) is 22.0. The standard InChI is InChI=1S/C25H30N4O4S2/c1-6-13-29-22(17(5)33-19-11-9-18(7-2)10-12-19)27-28-25(29)34-15-21(30)26-23-20(14-16(4)35-23)24(31)32-8-3/h6,9-12,14,17H,1,7-8,13,15H2,2-5H3,(H,26,30). The van der Waals surface area contributed by atoms with Crippen molar-refractivity contribution in [3.8, 4) is 5.75 Å². The van der Waals surface area contributed by atoms with E-state index < -0.39 is 5.97 Å². The highest BCUT2D eigenvalue weighted by atomic mass is 32.2. The molecule has 0 aliphatic carbocycles. The van der Waals surface area contributed by atoms with Crippen LogP contribution >= 0.6 is 23.1 Å². The molecule has 0 bridgehead atoms. The molecule has 35 heavy (non-hydrogen) atoms. The normalized spacial score (nSPS) is 11.7. The van der Waals surface area contributed by atoms with E-state index in [-0.39, 0.29) is 24.4 Å². The molecule has 0 saturated carbocycles. The fourth-order valence-corrected chi connectivity index (χ4v) is 5.00. The molecule has 0 saturated heterocycles. The number of nitrogens with one attached hydrogen (secondary N) is 1. The topological polar surface area (TPSA) is 95.3 Å². The molecule has 1 N–H and O–H groups in total. The van der Waals surface area contributed by atoms with Gasteiger partial charge in [0.25, 0.3) is 0 Å². The van der Waals surface area contributed by atoms with E-state index in [9.17, 15) is 9.59 Å². The number of nitrogens with zero attached hydrogens (tertiary/aromatic N) is 3. The van der Waals surface area contributed by atoms with Gasteiger partial charge in [0.1, 0.15) is 10.8 Å². The molecule has 0 aliphatic heterocycles. The summed E-state index contributed by atoms with van der Waals surface area (Å²) in [6, 6.07) is 9.69. The van der Waals surface area contributed by atoms with Crippen LogP contribution in [0.1, 0.15) is 53.5 Å². The summed E-state index contributed by atoms with van der Waals surface area (Å²) in [5, 5.41) is 12.5. The Kier molecular flexibility index (Phi) is 9.50. The second kappa shape index (κ2) is 12.6. The minimum Gasteiger partial charge on any atom is -0.483 e. The van der Waals surface area contributed by atoms with Gasteiger partial charge in [-0.15, -0.1) is 28.1 Å². The first-order valence-corrected chi connectivity index (χ1v) is 13.2. The zero-order valence-electron chi connectivity index (χ0n) is 20.4. The maximum atomic E-state index is 12.7. The lowest BCUT2D eigenvalue weighted by Crippen LogP contribution is -2.17. The summed E-state index contributed by atoms with van der Waals surface area (Å²) in [6.07, 6.45) is 2.37. The number of anilines is 1. The van der Waals surface area contributed by atoms with Crippen LogP contribution in [-0.4, -0.2) is 39.0 Å². The van der Waals surface area contributed by atoms with Crippen molar-refractivity contribution in [1.29, 1.82) is 0 Å². The third-order valence-corrected chi connectivity index (χ3v) is 6.93. The number of amides is 1. The van der Waals surface area contributed by atoms with Crippen molar-refractivity contribution in [2.24, 2.45) is 0 Å². The number of allylic oxidation sites excluding steroid dienone is 1. The van der Waals surface area contributed by atoms with Gasteiger partial charge in [-0.2, -0.15) is 0 Å². The van der Waals surface area contributed by atoms with E-state index in [1.165, 1.54) is 28.7 Å². The van der Waals surface area contributed by atoms with Crippen molar-refractivity contribution in [3.05, 3.63) is 64.8 Å². The molecule has 0 aliphatic rings. The average molecular weight is 515 g/mol. The molecular formula is C25H30N4O4S2. The Morgan fingerprint density at radius 1 is 1.26 bits per heavy atom. The number of carbonyl (C=O) groups is 2. The summed E-state index contributed by atoms with van der Waals surface area (Å²) < 4.78 is 13.0. The van der Waals surface area contributed by atoms with Crippen LogP contribution in [0, 0.1) is 6.92 Å². The molecule has 0 fully saturated rings. The second-order valence-electron chi connectivity index (χ2n) is 7.65. The molecule has 3 rings (SSSR count). The largest absolute Gasteiger partial charge is 0.483 e. The summed E-state index contributed by atoms with van der Waals surface area (Å²) in [7, 11) is 0. The smallest absolute Gasteiger partial charge is 0.341 e. The molecule has 1 aromatic carbocycles. The lowest BCUT2D eigenvalue weighted by molar-refractivity contribution is -0.113. The van der Waals surface area contributed by atoms with Gasteiger partial charge in [0.05, 0.1) is 17.9 Å². The third-order valence-electron chi connectivity index (χ3n) is 5.00. The van der Waals surface area contributed by atoms with Crippen LogP contribution in [-0.2, 0) is 22.5 Å². The monoisotopic (exact) mass is 514 g/mol. The van der Waals surface area contributed by atoms with E-state index >= 15 is 0 Å². The van der Waals surface area contributed by atoms with Crippen LogP contribution in [0.2, 0.25) is 0 Å². The number of aryl methyl sites for hydroxylation is 2. The van der Waals surface area contributed by atoms with Crippen molar-refractivity contribution in [1.82, 2.24) is 14.8 Å². The highest BCUT2D eigenvalue weighted by molar-refractivity contribution is 7.99. The predicted octanol–water partition coefficient (Wildman–Crippen LogP) is 5.44. The van der Waals surface area contributed by atoms with Crippen LogP contribution in [0.4, 0.5) is 5.00 Å². The highest BCUT2D eigenvalue weighted by Crippen LogP contribution is 2.29. The Balaban J connectivity index is 1.67. The Morgan fingerprint density at radius 3 is 2.66 bits per heavy atom. The molecule has 3 aromatic rings. The maximum absolute atomic E-state index is 12.7. The number of ether oxygens (including phenoxy) is 2. The highest BCUT2D eigenvalue weighted by Gasteiger charge is 2.21. The molecule has 2 heterocycles. The molecule has 1 atom stereocenters. The number of hydrogen-bond acceptors (Lipinski definition) is 8. The minimum atomic E-state index is -0.450. The van der Waals surface area contributed by atoms with E-state index in [0.29, 0.717) is 28.1 Å². The molecule has 10 heteroatoms. The van der Waals surface area contributed by atoms with Crippen LogP contribution in [0.3, 0.4) is 0 Å². The average Bonchev–Trinajstić information content (AvgIpc) is 3.41. The Labute approximate surface area is 213 Å². The summed E-state index contributed by atoms with van der Waals surface area (Å²) in [5.74, 6) is 0.791. The summed E-state index contributed by atoms with van der Waals surface area (Å²) in [6.45, 7) is 12.2. The fraction of sp³-hybridized carbons (Fsp3) is 0.360. The van der Waals surface area contributed by atoms with Gasteiger partial charge in [-0.1, -0.05) is 36.9 Å². The summed E-state index contributed by atoms with van der Waals surface area (Å²) >= 11 is 2.59. The van der Waals surface area contributed by atoms with Crippen molar-refractivity contribution in [3.63, 3.8) is 0 Å². The van der Waals surface area contributed by atoms with Crippen LogP contribution < -0.4 is 10.1 Å². The zero-order chi connectivity index (χ0) is 25.4. The molecular weight excluding hydrogens is 484 g/mol. The van der Waals surface area contributed by atoms with Crippen molar-refractivity contribution in [2.45, 2.75) is 51.9 Å². The SMILES string of the molecule is C=CCn1c(SCC(=O)Nc2sc(C)cc2C(=O)OCC)nnc1C(C)Oc1ccc(CC)cc1. The third kappa shape index (κ3) is 6.95. The number of hydrogen-bond donors (Lipinski definition) is 1. The quantitative estimate of drug-likeness (QED) is 0.195. The summed E-state index contributed by atoms with van der Waals surface area (Å²) in [4.78, 5) is 25.7. The van der Waals surface area contributed by atoms with E-state index in [1.807, 2.05) is 42.7 Å². The number of thiophene rings is 1. The number of aromatic nitrogens is 3. The molecule has 0 radical (unpaired) electrons. The van der Waals surface area contributed by atoms with Gasteiger partial charge in [-0.05, 0) is 51.0 Å². The van der Waals surface area contributed by atoms with Crippen LogP contribution in [0.15, 0.2) is 48.1 Å². The van der Waals surface area contributed by atoms with Crippen LogP contribution in [0.5, 0.6) is 5.75 Å². The Hall–Kier alpha value is -3.11. The van der Waals surface area contributed by atoms with E-state index in [1.54, 1.807) is 19.1 Å². The van der Waals surface area contributed by atoms with Gasteiger partial charge in [-0.3, -0.25) is 9.36 Å². The first-order valence-electron chi connectivity index (χ1n) is 11.4.